The summed E-state index contributed by atoms with van der Waals surface area (Å²) in [4.78, 5) is 9.97. The second-order valence-corrected chi connectivity index (χ2v) is 6.22. The maximum absolute atomic E-state index is 12.1. The van der Waals surface area contributed by atoms with E-state index in [0.29, 0.717) is 12.0 Å². The van der Waals surface area contributed by atoms with E-state index >= 15 is 0 Å². The van der Waals surface area contributed by atoms with E-state index in [2.05, 4.69) is 4.72 Å². The molecule has 1 aromatic carbocycles. The molecule has 0 radical (unpaired) electrons. The number of sulfonamides is 1. The molecule has 1 N–H and O–H groups in total. The average Bonchev–Trinajstić information content (AvgIpc) is 2.33. The molecule has 110 valence electrons. The minimum absolute atomic E-state index is 0.0830. The summed E-state index contributed by atoms with van der Waals surface area (Å²) in [6.07, 6.45) is 4.18. The number of hydrogen-bond donors (Lipinski definition) is 1. The van der Waals surface area contributed by atoms with Crippen molar-refractivity contribution in [3.05, 3.63) is 45.0 Å². The van der Waals surface area contributed by atoms with Crippen molar-refractivity contribution in [3.8, 4) is 0 Å². The molecule has 1 aromatic rings. The van der Waals surface area contributed by atoms with Crippen molar-refractivity contribution in [2.75, 3.05) is 6.54 Å². The van der Waals surface area contributed by atoms with Crippen molar-refractivity contribution in [1.29, 1.82) is 0 Å². The highest BCUT2D eigenvalue weighted by molar-refractivity contribution is 7.89. The first-order valence-electron chi connectivity index (χ1n) is 5.85. The van der Waals surface area contributed by atoms with E-state index in [1.54, 1.807) is 0 Å². The number of halogens is 1. The minimum Gasteiger partial charge on any atom is -0.258 e. The van der Waals surface area contributed by atoms with Crippen LogP contribution < -0.4 is 4.72 Å². The lowest BCUT2D eigenvalue weighted by atomic mass is 10.2. The zero-order valence-corrected chi connectivity index (χ0v) is 12.7. The summed E-state index contributed by atoms with van der Waals surface area (Å²) in [5.41, 5.74) is -0.0646. The maximum Gasteiger partial charge on any atom is 0.289 e. The van der Waals surface area contributed by atoms with Gasteiger partial charge in [-0.3, -0.25) is 10.1 Å². The fourth-order valence-electron chi connectivity index (χ4n) is 1.59. The highest BCUT2D eigenvalue weighted by Gasteiger charge is 2.22. The topological polar surface area (TPSA) is 89.3 Å². The zero-order valence-electron chi connectivity index (χ0n) is 11.1. The van der Waals surface area contributed by atoms with Gasteiger partial charge in [-0.1, -0.05) is 23.8 Å². The summed E-state index contributed by atoms with van der Waals surface area (Å²) in [7, 11) is -3.79. The molecular formula is C12H15ClN2O4S. The van der Waals surface area contributed by atoms with Gasteiger partial charge in [-0.05, 0) is 31.9 Å². The predicted molar refractivity (Wildman–Crippen MR) is 77.5 cm³/mol. The third kappa shape index (κ3) is 4.03. The van der Waals surface area contributed by atoms with Crippen molar-refractivity contribution >= 4 is 27.3 Å². The summed E-state index contributed by atoms with van der Waals surface area (Å²) in [5.74, 6) is 0. The van der Waals surface area contributed by atoms with Crippen molar-refractivity contribution in [3.63, 3.8) is 0 Å². The quantitative estimate of drug-likeness (QED) is 0.378. The Bertz CT molecular complexity index is 641. The van der Waals surface area contributed by atoms with Crippen LogP contribution in [0.15, 0.2) is 29.2 Å². The van der Waals surface area contributed by atoms with Crippen LogP contribution in [0.25, 0.3) is 0 Å². The monoisotopic (exact) mass is 318 g/mol. The van der Waals surface area contributed by atoms with E-state index in [9.17, 15) is 18.5 Å². The molecule has 6 nitrogen and oxygen atoms in total. The number of nitro benzene ring substituents is 1. The number of nitro groups is 1. The Hall–Kier alpha value is -1.44. The second-order valence-electron chi connectivity index (χ2n) is 4.08. The van der Waals surface area contributed by atoms with Crippen LogP contribution >= 0.6 is 11.6 Å². The summed E-state index contributed by atoms with van der Waals surface area (Å²) in [5, 5.41) is 10.7. The molecular weight excluding hydrogens is 304 g/mol. The number of aryl methyl sites for hydroxylation is 1. The van der Waals surface area contributed by atoms with Crippen LogP contribution in [0.5, 0.6) is 0 Å². The predicted octanol–water partition coefficient (Wildman–Crippen LogP) is 2.80. The van der Waals surface area contributed by atoms with Gasteiger partial charge in [-0.2, -0.15) is 0 Å². The van der Waals surface area contributed by atoms with Gasteiger partial charge in [-0.15, -0.1) is 0 Å². The Morgan fingerprint density at radius 1 is 1.45 bits per heavy atom. The van der Waals surface area contributed by atoms with Crippen LogP contribution in [0.2, 0.25) is 5.02 Å². The van der Waals surface area contributed by atoms with Gasteiger partial charge in [-0.25, -0.2) is 13.1 Å². The first-order chi connectivity index (χ1) is 9.29. The Kier molecular flexibility index (Phi) is 5.67. The Morgan fingerprint density at radius 3 is 2.65 bits per heavy atom. The first-order valence-corrected chi connectivity index (χ1v) is 7.71. The van der Waals surface area contributed by atoms with Gasteiger partial charge in [0.2, 0.25) is 10.0 Å². The highest BCUT2D eigenvalue weighted by atomic mass is 35.5. The first kappa shape index (κ1) is 16.6. The molecule has 0 aliphatic heterocycles. The molecule has 0 saturated carbocycles. The standard InChI is InChI=1S/C12H15ClN2O4S/c1-3-4-5-6-14-20(18,19)12-8-11(15(16)17)10(13)7-9(12)2/h3-4,7-8,14H,5-6H2,1-2H3/b4-3+. The van der Waals surface area contributed by atoms with Gasteiger partial charge in [0.25, 0.3) is 5.69 Å². The molecule has 0 aromatic heterocycles. The summed E-state index contributed by atoms with van der Waals surface area (Å²) >= 11 is 5.73. The molecule has 0 aliphatic rings. The molecule has 0 fully saturated rings. The van der Waals surface area contributed by atoms with E-state index in [4.69, 9.17) is 11.6 Å². The highest BCUT2D eigenvalue weighted by Crippen LogP contribution is 2.29. The van der Waals surface area contributed by atoms with Gasteiger partial charge in [0, 0.05) is 12.6 Å². The number of hydrogen-bond acceptors (Lipinski definition) is 4. The van der Waals surface area contributed by atoms with Crippen LogP contribution in [0, 0.1) is 17.0 Å². The molecule has 20 heavy (non-hydrogen) atoms. The number of rotatable bonds is 6. The van der Waals surface area contributed by atoms with Crippen molar-refractivity contribution in [2.24, 2.45) is 0 Å². The lowest BCUT2D eigenvalue weighted by Crippen LogP contribution is -2.25. The fraction of sp³-hybridized carbons (Fsp3) is 0.333. The largest absolute Gasteiger partial charge is 0.289 e. The third-order valence-electron chi connectivity index (χ3n) is 2.57. The van der Waals surface area contributed by atoms with Crippen LogP contribution in [0.3, 0.4) is 0 Å². The van der Waals surface area contributed by atoms with Gasteiger partial charge >= 0.3 is 0 Å². The molecule has 0 unspecified atom stereocenters. The van der Waals surface area contributed by atoms with Gasteiger partial charge in [0.1, 0.15) is 5.02 Å². The van der Waals surface area contributed by atoms with Gasteiger partial charge in [0.15, 0.2) is 0 Å². The number of nitrogens with zero attached hydrogens (tertiary/aromatic N) is 1. The van der Waals surface area contributed by atoms with Crippen LogP contribution in [0.4, 0.5) is 5.69 Å². The molecule has 0 saturated heterocycles. The van der Waals surface area contributed by atoms with Gasteiger partial charge in [0.05, 0.1) is 9.82 Å². The van der Waals surface area contributed by atoms with E-state index in [-0.39, 0.29) is 16.5 Å². The molecule has 0 amide bonds. The molecule has 1 rings (SSSR count). The number of nitrogens with one attached hydrogen (secondary N) is 1. The lowest BCUT2D eigenvalue weighted by Gasteiger charge is -2.09. The van der Waals surface area contributed by atoms with E-state index < -0.39 is 20.6 Å². The Labute approximate surface area is 122 Å². The third-order valence-corrected chi connectivity index (χ3v) is 4.48. The molecule has 0 spiro atoms. The summed E-state index contributed by atoms with van der Waals surface area (Å²) < 4.78 is 26.6. The van der Waals surface area contributed by atoms with Crippen LogP contribution in [-0.2, 0) is 10.0 Å². The number of benzene rings is 1. The minimum atomic E-state index is -3.79. The second kappa shape index (κ2) is 6.83. The maximum atomic E-state index is 12.1. The normalized spacial score (nSPS) is 11.9. The molecule has 0 heterocycles. The molecule has 8 heteroatoms. The van der Waals surface area contributed by atoms with E-state index in [1.807, 2.05) is 19.1 Å². The smallest absolute Gasteiger partial charge is 0.258 e. The average molecular weight is 319 g/mol. The number of allylic oxidation sites excluding steroid dienone is 1. The van der Waals surface area contributed by atoms with Crippen LogP contribution in [-0.4, -0.2) is 19.9 Å². The molecule has 0 atom stereocenters. The van der Waals surface area contributed by atoms with Crippen molar-refractivity contribution in [2.45, 2.75) is 25.2 Å². The summed E-state index contributed by atoms with van der Waals surface area (Å²) in [6.45, 7) is 3.60. The lowest BCUT2D eigenvalue weighted by molar-refractivity contribution is -0.384. The fourth-order valence-corrected chi connectivity index (χ4v) is 3.17. The van der Waals surface area contributed by atoms with E-state index in [0.717, 1.165) is 6.07 Å². The zero-order chi connectivity index (χ0) is 15.3. The van der Waals surface area contributed by atoms with Crippen LogP contribution in [0.1, 0.15) is 18.9 Å². The Morgan fingerprint density at radius 2 is 2.10 bits per heavy atom. The van der Waals surface area contributed by atoms with Gasteiger partial charge < -0.3 is 0 Å². The van der Waals surface area contributed by atoms with Crippen molar-refractivity contribution < 1.29 is 13.3 Å². The SMILES string of the molecule is C/C=C/CCNS(=O)(=O)c1cc([N+](=O)[O-])c(Cl)cc1C. The molecule has 0 aliphatic carbocycles. The summed E-state index contributed by atoms with van der Waals surface area (Å²) in [6, 6.07) is 2.26. The molecule has 0 bridgehead atoms. The Balaban J connectivity index is 3.11. The van der Waals surface area contributed by atoms with Crippen molar-refractivity contribution in [1.82, 2.24) is 4.72 Å². The van der Waals surface area contributed by atoms with E-state index in [1.165, 1.54) is 13.0 Å².